The van der Waals surface area contributed by atoms with E-state index in [1.807, 2.05) is 6.92 Å². The molecule has 0 aliphatic heterocycles. The lowest BCUT2D eigenvalue weighted by Gasteiger charge is -2.21. The molecule has 1 aromatic rings. The van der Waals surface area contributed by atoms with E-state index in [0.29, 0.717) is 19.5 Å². The van der Waals surface area contributed by atoms with Gasteiger partial charge in [-0.15, -0.1) is 0 Å². The molecule has 1 N–H and O–H groups in total. The Morgan fingerprint density at radius 2 is 2.22 bits per heavy atom. The Morgan fingerprint density at radius 1 is 1.50 bits per heavy atom. The van der Waals surface area contributed by atoms with E-state index < -0.39 is 11.7 Å². The van der Waals surface area contributed by atoms with Gasteiger partial charge in [0.1, 0.15) is 17.1 Å². The number of benzene rings is 1. The number of rotatable bonds is 6. The first-order valence-corrected chi connectivity index (χ1v) is 5.88. The van der Waals surface area contributed by atoms with Gasteiger partial charge in [0, 0.05) is 19.7 Å². The van der Waals surface area contributed by atoms with Crippen molar-refractivity contribution in [1.29, 1.82) is 0 Å². The molecular formula is C13H18FNO3. The summed E-state index contributed by atoms with van der Waals surface area (Å²) >= 11 is 0. The number of hydrogen-bond donors (Lipinski definition) is 1. The van der Waals surface area contributed by atoms with Crippen LogP contribution in [-0.4, -0.2) is 42.7 Å². The summed E-state index contributed by atoms with van der Waals surface area (Å²) in [5.74, 6) is -0.787. The molecule has 1 rings (SSSR count). The Bertz CT molecular complexity index is 409. The first-order chi connectivity index (χ1) is 8.65. The molecule has 0 aliphatic rings. The number of carbonyl (C=O) groups excluding carboxylic acids is 1. The summed E-state index contributed by atoms with van der Waals surface area (Å²) in [6.07, 6.45) is 0.469. The van der Waals surface area contributed by atoms with Crippen molar-refractivity contribution in [1.82, 2.24) is 4.90 Å². The third kappa shape index (κ3) is 3.20. The number of amides is 1. The summed E-state index contributed by atoms with van der Waals surface area (Å²) in [4.78, 5) is 13.7. The fourth-order valence-corrected chi connectivity index (χ4v) is 1.70. The number of ether oxygens (including phenoxy) is 1. The van der Waals surface area contributed by atoms with E-state index in [9.17, 15) is 9.18 Å². The second-order valence-corrected chi connectivity index (χ2v) is 3.78. The summed E-state index contributed by atoms with van der Waals surface area (Å²) < 4.78 is 18.7. The number of aliphatic hydroxyl groups excluding tert-OH is 1. The van der Waals surface area contributed by atoms with Crippen LogP contribution in [0.3, 0.4) is 0 Å². The van der Waals surface area contributed by atoms with Gasteiger partial charge in [-0.25, -0.2) is 4.39 Å². The molecule has 1 amide bonds. The van der Waals surface area contributed by atoms with Gasteiger partial charge in [-0.1, -0.05) is 6.07 Å². The lowest BCUT2D eigenvalue weighted by atomic mass is 10.1. The van der Waals surface area contributed by atoms with Gasteiger partial charge in [0.2, 0.25) is 0 Å². The predicted molar refractivity (Wildman–Crippen MR) is 66.2 cm³/mol. The van der Waals surface area contributed by atoms with Crippen LogP contribution in [0.15, 0.2) is 18.2 Å². The molecule has 0 heterocycles. The van der Waals surface area contributed by atoms with Crippen LogP contribution in [-0.2, 0) is 0 Å². The summed E-state index contributed by atoms with van der Waals surface area (Å²) in [6, 6.07) is 4.28. The van der Waals surface area contributed by atoms with Gasteiger partial charge in [-0.3, -0.25) is 4.79 Å². The second-order valence-electron chi connectivity index (χ2n) is 3.78. The van der Waals surface area contributed by atoms with Gasteiger partial charge < -0.3 is 14.7 Å². The molecular weight excluding hydrogens is 237 g/mol. The molecule has 0 atom stereocenters. The number of hydrogen-bond acceptors (Lipinski definition) is 3. The average molecular weight is 255 g/mol. The van der Waals surface area contributed by atoms with Gasteiger partial charge in [0.25, 0.3) is 5.91 Å². The van der Waals surface area contributed by atoms with Crippen LogP contribution in [0.4, 0.5) is 4.39 Å². The van der Waals surface area contributed by atoms with Crippen LogP contribution in [0.5, 0.6) is 5.75 Å². The highest BCUT2D eigenvalue weighted by molar-refractivity contribution is 5.97. The first kappa shape index (κ1) is 14.4. The van der Waals surface area contributed by atoms with E-state index in [0.717, 1.165) is 0 Å². The molecule has 1 aromatic carbocycles. The molecule has 0 unspecified atom stereocenters. The molecule has 0 radical (unpaired) electrons. The number of carbonyl (C=O) groups is 1. The number of aliphatic hydroxyl groups is 1. The van der Waals surface area contributed by atoms with Crippen LogP contribution < -0.4 is 4.74 Å². The van der Waals surface area contributed by atoms with Gasteiger partial charge in [-0.05, 0) is 25.5 Å². The van der Waals surface area contributed by atoms with Crippen LogP contribution in [0.2, 0.25) is 0 Å². The highest BCUT2D eigenvalue weighted by atomic mass is 19.1. The Labute approximate surface area is 106 Å². The van der Waals surface area contributed by atoms with Gasteiger partial charge in [-0.2, -0.15) is 0 Å². The van der Waals surface area contributed by atoms with E-state index in [2.05, 4.69) is 0 Å². The summed E-state index contributed by atoms with van der Waals surface area (Å²) in [5.41, 5.74) is -0.0558. The zero-order valence-electron chi connectivity index (χ0n) is 10.6. The van der Waals surface area contributed by atoms with E-state index in [4.69, 9.17) is 9.84 Å². The van der Waals surface area contributed by atoms with Gasteiger partial charge >= 0.3 is 0 Å². The maximum atomic E-state index is 13.7. The molecule has 0 saturated carbocycles. The van der Waals surface area contributed by atoms with Crippen molar-refractivity contribution in [2.24, 2.45) is 0 Å². The normalized spacial score (nSPS) is 10.2. The van der Waals surface area contributed by atoms with Crippen molar-refractivity contribution in [2.45, 2.75) is 13.3 Å². The highest BCUT2D eigenvalue weighted by Gasteiger charge is 2.21. The number of nitrogens with zero attached hydrogens (tertiary/aromatic N) is 1. The maximum Gasteiger partial charge on any atom is 0.260 e. The predicted octanol–water partition coefficient (Wildman–Crippen LogP) is 1.68. The van der Waals surface area contributed by atoms with Crippen LogP contribution >= 0.6 is 0 Å². The van der Waals surface area contributed by atoms with Crippen LogP contribution in [0, 0.1) is 5.82 Å². The molecule has 0 aromatic heterocycles. The fraction of sp³-hybridized carbons (Fsp3) is 0.462. The quantitative estimate of drug-likeness (QED) is 0.841. The Hall–Kier alpha value is -1.62. The van der Waals surface area contributed by atoms with Crippen molar-refractivity contribution in [3.8, 4) is 5.75 Å². The minimum absolute atomic E-state index is 0.00180. The minimum atomic E-state index is -0.596. The molecule has 100 valence electrons. The van der Waals surface area contributed by atoms with Gasteiger partial charge in [0.05, 0.1) is 7.11 Å². The SMILES string of the molecule is CCN(CCCO)C(=O)c1c(F)cccc1OC. The van der Waals surface area contributed by atoms with E-state index >= 15 is 0 Å². The van der Waals surface area contributed by atoms with Crippen molar-refractivity contribution in [3.63, 3.8) is 0 Å². The largest absolute Gasteiger partial charge is 0.496 e. The summed E-state index contributed by atoms with van der Waals surface area (Å²) in [5, 5.41) is 8.78. The minimum Gasteiger partial charge on any atom is -0.496 e. The third-order valence-electron chi connectivity index (χ3n) is 2.66. The van der Waals surface area contributed by atoms with E-state index in [1.54, 1.807) is 6.07 Å². The molecule has 0 bridgehead atoms. The standard InChI is InChI=1S/C13H18FNO3/c1-3-15(8-5-9-16)13(17)12-10(14)6-4-7-11(12)18-2/h4,6-7,16H,3,5,8-9H2,1-2H3. The molecule has 0 fully saturated rings. The Balaban J connectivity index is 3.00. The van der Waals surface area contributed by atoms with E-state index in [1.165, 1.54) is 24.1 Å². The first-order valence-electron chi connectivity index (χ1n) is 5.88. The van der Waals surface area contributed by atoms with E-state index in [-0.39, 0.29) is 17.9 Å². The second kappa shape index (κ2) is 6.96. The van der Waals surface area contributed by atoms with Gasteiger partial charge in [0.15, 0.2) is 0 Å². The van der Waals surface area contributed by atoms with Crippen molar-refractivity contribution < 1.29 is 19.0 Å². The lowest BCUT2D eigenvalue weighted by Crippen LogP contribution is -2.33. The molecule has 18 heavy (non-hydrogen) atoms. The number of methoxy groups -OCH3 is 1. The fourth-order valence-electron chi connectivity index (χ4n) is 1.70. The molecule has 0 saturated heterocycles. The van der Waals surface area contributed by atoms with Crippen LogP contribution in [0.1, 0.15) is 23.7 Å². The van der Waals surface area contributed by atoms with Crippen molar-refractivity contribution in [3.05, 3.63) is 29.6 Å². The monoisotopic (exact) mass is 255 g/mol. The maximum absolute atomic E-state index is 13.7. The lowest BCUT2D eigenvalue weighted by molar-refractivity contribution is 0.0746. The topological polar surface area (TPSA) is 49.8 Å². The Kier molecular flexibility index (Phi) is 5.58. The molecule has 5 heteroatoms. The molecule has 0 aliphatic carbocycles. The zero-order valence-corrected chi connectivity index (χ0v) is 10.6. The third-order valence-corrected chi connectivity index (χ3v) is 2.66. The number of halogens is 1. The molecule has 0 spiro atoms. The summed E-state index contributed by atoms with van der Waals surface area (Å²) in [6.45, 7) is 2.65. The molecule has 4 nitrogen and oxygen atoms in total. The smallest absolute Gasteiger partial charge is 0.260 e. The summed E-state index contributed by atoms with van der Waals surface area (Å²) in [7, 11) is 1.40. The average Bonchev–Trinajstić information content (AvgIpc) is 2.38. The highest BCUT2D eigenvalue weighted by Crippen LogP contribution is 2.22. The van der Waals surface area contributed by atoms with Crippen LogP contribution in [0.25, 0.3) is 0 Å². The van der Waals surface area contributed by atoms with Crippen molar-refractivity contribution >= 4 is 5.91 Å². The Morgan fingerprint density at radius 3 is 2.78 bits per heavy atom. The van der Waals surface area contributed by atoms with Crippen molar-refractivity contribution in [2.75, 3.05) is 26.8 Å². The zero-order chi connectivity index (χ0) is 13.5.